The van der Waals surface area contributed by atoms with Gasteiger partial charge in [0, 0.05) is 67.5 Å². The first-order valence-corrected chi connectivity index (χ1v) is 12.0. The Morgan fingerprint density at radius 3 is 2.66 bits per heavy atom. The van der Waals surface area contributed by atoms with Gasteiger partial charge < -0.3 is 14.5 Å². The minimum atomic E-state index is -0.417. The van der Waals surface area contributed by atoms with Gasteiger partial charge in [-0.25, -0.2) is 4.39 Å². The second-order valence-corrected chi connectivity index (χ2v) is 9.82. The second kappa shape index (κ2) is 8.50. The SMILES string of the molecule is Cn1cc(CN2C[C@@H]3C[C@H](C2)c2ccc(NC(=O)c4ccc(F)cc4)c(=O)n2C3)c2ccccc21. The molecule has 0 unspecified atom stereocenters. The Hall–Kier alpha value is -3.71. The van der Waals surface area contributed by atoms with Crippen LogP contribution in [0, 0.1) is 11.7 Å². The maximum Gasteiger partial charge on any atom is 0.274 e. The molecule has 6 rings (SSSR count). The standard InChI is InChI=1S/C28H27FN4O2/c1-31-15-21(23-4-2-3-5-26(23)31)17-32-13-18-12-20(16-32)25-11-10-24(28(35)33(25)14-18)30-27(34)19-6-8-22(29)9-7-19/h2-11,15,18,20H,12-14,16-17H2,1H3,(H,30,34)/t18-,20+/m0/s1. The van der Waals surface area contributed by atoms with Crippen molar-refractivity contribution in [1.29, 1.82) is 0 Å². The van der Waals surface area contributed by atoms with Gasteiger partial charge in [0.15, 0.2) is 0 Å². The number of piperidine rings is 1. The molecule has 35 heavy (non-hydrogen) atoms. The van der Waals surface area contributed by atoms with E-state index in [0.717, 1.165) is 31.7 Å². The molecular formula is C28H27FN4O2. The number of hydrogen-bond donors (Lipinski definition) is 1. The lowest BCUT2D eigenvalue weighted by molar-refractivity contribution is 0.102. The fraction of sp³-hybridized carbons (Fsp3) is 0.286. The highest BCUT2D eigenvalue weighted by atomic mass is 19.1. The molecule has 4 heterocycles. The van der Waals surface area contributed by atoms with Crippen LogP contribution in [0.4, 0.5) is 10.1 Å². The summed E-state index contributed by atoms with van der Waals surface area (Å²) in [5.41, 5.74) is 4.01. The van der Waals surface area contributed by atoms with Crippen molar-refractivity contribution in [2.24, 2.45) is 13.0 Å². The Morgan fingerprint density at radius 2 is 1.83 bits per heavy atom. The molecule has 0 spiro atoms. The summed E-state index contributed by atoms with van der Waals surface area (Å²) in [6, 6.07) is 17.5. The largest absolute Gasteiger partial charge is 0.350 e. The minimum Gasteiger partial charge on any atom is -0.350 e. The number of nitrogens with one attached hydrogen (secondary N) is 1. The van der Waals surface area contributed by atoms with E-state index in [-0.39, 0.29) is 17.2 Å². The van der Waals surface area contributed by atoms with Gasteiger partial charge in [0.25, 0.3) is 11.5 Å². The predicted molar refractivity (Wildman–Crippen MR) is 134 cm³/mol. The molecule has 6 nitrogen and oxygen atoms in total. The summed E-state index contributed by atoms with van der Waals surface area (Å²) < 4.78 is 17.2. The van der Waals surface area contributed by atoms with Crippen molar-refractivity contribution in [2.75, 3.05) is 18.4 Å². The van der Waals surface area contributed by atoms with Gasteiger partial charge in [-0.3, -0.25) is 14.5 Å². The Balaban J connectivity index is 1.22. The number of amides is 1. The predicted octanol–water partition coefficient (Wildman–Crippen LogP) is 4.35. The lowest BCUT2D eigenvalue weighted by Crippen LogP contribution is -2.47. The molecule has 2 aliphatic rings. The molecule has 2 aromatic heterocycles. The fourth-order valence-corrected chi connectivity index (χ4v) is 5.86. The van der Waals surface area contributed by atoms with Crippen molar-refractivity contribution >= 4 is 22.5 Å². The van der Waals surface area contributed by atoms with Crippen LogP contribution in [0.25, 0.3) is 10.9 Å². The Kier molecular flexibility index (Phi) is 5.29. The van der Waals surface area contributed by atoms with Crippen LogP contribution in [0.2, 0.25) is 0 Å². The number of aromatic nitrogens is 2. The van der Waals surface area contributed by atoms with Gasteiger partial charge in [0.05, 0.1) is 0 Å². The molecule has 2 aromatic carbocycles. The highest BCUT2D eigenvalue weighted by Gasteiger charge is 2.35. The molecule has 7 heteroatoms. The van der Waals surface area contributed by atoms with Gasteiger partial charge >= 0.3 is 0 Å². The normalized spacial score (nSPS) is 19.5. The van der Waals surface area contributed by atoms with Crippen molar-refractivity contribution in [3.05, 3.63) is 99.9 Å². The highest BCUT2D eigenvalue weighted by Crippen LogP contribution is 2.36. The van der Waals surface area contributed by atoms with Crippen molar-refractivity contribution in [1.82, 2.24) is 14.0 Å². The molecule has 1 saturated heterocycles. The van der Waals surface area contributed by atoms with Gasteiger partial charge in [-0.05, 0) is 60.4 Å². The molecule has 1 N–H and O–H groups in total. The molecule has 1 amide bonds. The monoisotopic (exact) mass is 470 g/mol. The van der Waals surface area contributed by atoms with E-state index in [1.54, 1.807) is 6.07 Å². The number of halogens is 1. The number of aryl methyl sites for hydroxylation is 1. The van der Waals surface area contributed by atoms with Crippen LogP contribution in [0.15, 0.2) is 71.7 Å². The van der Waals surface area contributed by atoms with Crippen LogP contribution in [-0.2, 0) is 20.1 Å². The van der Waals surface area contributed by atoms with E-state index >= 15 is 0 Å². The number of likely N-dealkylation sites (tertiary alicyclic amines) is 1. The minimum absolute atomic E-state index is 0.171. The molecule has 0 saturated carbocycles. The van der Waals surface area contributed by atoms with Crippen molar-refractivity contribution in [3.63, 3.8) is 0 Å². The third kappa shape index (κ3) is 3.96. The van der Waals surface area contributed by atoms with Crippen LogP contribution < -0.4 is 10.9 Å². The van der Waals surface area contributed by atoms with Crippen LogP contribution in [0.5, 0.6) is 0 Å². The van der Waals surface area contributed by atoms with Crippen molar-refractivity contribution in [3.8, 4) is 0 Å². The first-order chi connectivity index (χ1) is 17.0. The molecule has 1 fully saturated rings. The fourth-order valence-electron chi connectivity index (χ4n) is 5.86. The van der Waals surface area contributed by atoms with Crippen LogP contribution in [0.1, 0.15) is 34.0 Å². The van der Waals surface area contributed by atoms with E-state index in [2.05, 4.69) is 52.3 Å². The Labute approximate surface area is 202 Å². The van der Waals surface area contributed by atoms with E-state index in [1.807, 2.05) is 10.6 Å². The Bertz CT molecular complexity index is 1490. The molecule has 2 aliphatic heterocycles. The molecule has 2 bridgehead atoms. The molecule has 178 valence electrons. The van der Waals surface area contributed by atoms with Gasteiger partial charge in [0.1, 0.15) is 11.5 Å². The van der Waals surface area contributed by atoms with Crippen molar-refractivity contribution < 1.29 is 9.18 Å². The van der Waals surface area contributed by atoms with Gasteiger partial charge in [-0.2, -0.15) is 0 Å². The van der Waals surface area contributed by atoms with E-state index in [0.29, 0.717) is 18.0 Å². The summed E-state index contributed by atoms with van der Waals surface area (Å²) in [7, 11) is 2.09. The zero-order valence-electron chi connectivity index (χ0n) is 19.6. The topological polar surface area (TPSA) is 59.3 Å². The van der Waals surface area contributed by atoms with Gasteiger partial charge in [-0.1, -0.05) is 18.2 Å². The van der Waals surface area contributed by atoms with E-state index in [1.165, 1.54) is 40.7 Å². The van der Waals surface area contributed by atoms with Gasteiger partial charge in [-0.15, -0.1) is 0 Å². The third-order valence-electron chi connectivity index (χ3n) is 7.41. The molecule has 4 aromatic rings. The first kappa shape index (κ1) is 21.8. The summed E-state index contributed by atoms with van der Waals surface area (Å²) in [5.74, 6) is -0.152. The number of anilines is 1. The average Bonchev–Trinajstić information content (AvgIpc) is 3.17. The van der Waals surface area contributed by atoms with Crippen LogP contribution in [0.3, 0.4) is 0 Å². The summed E-state index contributed by atoms with van der Waals surface area (Å²) in [5, 5.41) is 4.01. The maximum atomic E-state index is 13.3. The molecule has 0 radical (unpaired) electrons. The quantitative estimate of drug-likeness (QED) is 0.483. The number of hydrogen-bond acceptors (Lipinski definition) is 3. The number of benzene rings is 2. The average molecular weight is 471 g/mol. The lowest BCUT2D eigenvalue weighted by Gasteiger charge is -2.43. The number of rotatable bonds is 4. The number of para-hydroxylation sites is 1. The van der Waals surface area contributed by atoms with E-state index < -0.39 is 11.7 Å². The summed E-state index contributed by atoms with van der Waals surface area (Å²) >= 11 is 0. The summed E-state index contributed by atoms with van der Waals surface area (Å²) in [4.78, 5) is 28.3. The van der Waals surface area contributed by atoms with E-state index in [4.69, 9.17) is 0 Å². The number of carbonyl (C=O) groups is 1. The molecule has 2 atom stereocenters. The lowest BCUT2D eigenvalue weighted by atomic mass is 9.83. The number of nitrogens with zero attached hydrogens (tertiary/aromatic N) is 3. The number of pyridine rings is 1. The van der Waals surface area contributed by atoms with Crippen LogP contribution >= 0.6 is 0 Å². The van der Waals surface area contributed by atoms with E-state index in [9.17, 15) is 14.0 Å². The molecule has 0 aliphatic carbocycles. The third-order valence-corrected chi connectivity index (χ3v) is 7.41. The Morgan fingerprint density at radius 1 is 1.03 bits per heavy atom. The van der Waals surface area contributed by atoms with Gasteiger partial charge in [0.2, 0.25) is 0 Å². The number of carbonyl (C=O) groups excluding carboxylic acids is 1. The van der Waals surface area contributed by atoms with Crippen LogP contribution in [-0.4, -0.2) is 33.0 Å². The highest BCUT2D eigenvalue weighted by molar-refractivity contribution is 6.04. The number of fused-ring (bicyclic) bond motifs is 5. The zero-order valence-corrected chi connectivity index (χ0v) is 19.6. The first-order valence-electron chi connectivity index (χ1n) is 12.0. The smallest absolute Gasteiger partial charge is 0.274 e. The second-order valence-electron chi connectivity index (χ2n) is 9.82. The van der Waals surface area contributed by atoms with Crippen molar-refractivity contribution in [2.45, 2.75) is 25.4 Å². The molecular weight excluding hydrogens is 443 g/mol. The maximum absolute atomic E-state index is 13.3. The summed E-state index contributed by atoms with van der Waals surface area (Å²) in [6.45, 7) is 3.39. The zero-order chi connectivity index (χ0) is 24.1. The summed E-state index contributed by atoms with van der Waals surface area (Å²) in [6.07, 6.45) is 3.30.